The number of rotatable bonds is 4. The van der Waals surface area contributed by atoms with Crippen LogP contribution in [0.2, 0.25) is 0 Å². The maximum Gasteiger partial charge on any atom is 0.150 e. The minimum Gasteiger partial charge on any atom is -0.375 e. The van der Waals surface area contributed by atoms with Gasteiger partial charge in [0.15, 0.2) is 5.82 Å². The van der Waals surface area contributed by atoms with Gasteiger partial charge in [-0.05, 0) is 25.1 Å². The minimum atomic E-state index is -0.363. The lowest BCUT2D eigenvalue weighted by Gasteiger charge is -2.15. The Hall–Kier alpha value is -2.70. The van der Waals surface area contributed by atoms with Crippen LogP contribution in [0, 0.1) is 5.82 Å². The van der Waals surface area contributed by atoms with Crippen molar-refractivity contribution in [3.63, 3.8) is 0 Å². The van der Waals surface area contributed by atoms with Gasteiger partial charge in [-0.2, -0.15) is 5.10 Å². The van der Waals surface area contributed by atoms with Gasteiger partial charge in [0.1, 0.15) is 24.2 Å². The van der Waals surface area contributed by atoms with Crippen molar-refractivity contribution in [2.24, 2.45) is 7.05 Å². The van der Waals surface area contributed by atoms with Gasteiger partial charge in [-0.25, -0.2) is 19.0 Å². The molecule has 0 aliphatic rings. The van der Waals surface area contributed by atoms with Crippen LogP contribution in [0.1, 0.15) is 18.8 Å². The van der Waals surface area contributed by atoms with E-state index in [4.69, 9.17) is 0 Å². The van der Waals surface area contributed by atoms with E-state index in [-0.39, 0.29) is 11.9 Å². The standard InChI is InChI=1S/C14H15FN6/c1-10(14-17-5-6-20(14)2)19-11-3-4-13(12(15)7-11)21-9-16-8-18-21/h3-10,19H,1-2H3. The summed E-state index contributed by atoms with van der Waals surface area (Å²) in [6.07, 6.45) is 6.45. The molecule has 3 rings (SSSR count). The molecule has 0 aliphatic carbocycles. The van der Waals surface area contributed by atoms with Crippen LogP contribution < -0.4 is 5.32 Å². The van der Waals surface area contributed by atoms with E-state index in [1.54, 1.807) is 18.3 Å². The Bertz CT molecular complexity index is 734. The van der Waals surface area contributed by atoms with Gasteiger partial charge in [-0.15, -0.1) is 0 Å². The molecule has 2 heterocycles. The van der Waals surface area contributed by atoms with Crippen molar-refractivity contribution >= 4 is 5.69 Å². The van der Waals surface area contributed by atoms with Gasteiger partial charge < -0.3 is 9.88 Å². The molecule has 0 amide bonds. The highest BCUT2D eigenvalue weighted by Crippen LogP contribution is 2.21. The fourth-order valence-electron chi connectivity index (χ4n) is 2.22. The number of aromatic nitrogens is 5. The zero-order valence-electron chi connectivity index (χ0n) is 11.7. The molecule has 0 saturated heterocycles. The average Bonchev–Trinajstić information content (AvgIpc) is 3.10. The van der Waals surface area contributed by atoms with Gasteiger partial charge >= 0.3 is 0 Å². The van der Waals surface area contributed by atoms with Crippen molar-refractivity contribution in [1.29, 1.82) is 0 Å². The second-order valence-corrected chi connectivity index (χ2v) is 4.77. The van der Waals surface area contributed by atoms with Crippen LogP contribution in [0.25, 0.3) is 5.69 Å². The Morgan fingerprint density at radius 1 is 1.33 bits per heavy atom. The first-order valence-electron chi connectivity index (χ1n) is 6.53. The number of nitrogens with one attached hydrogen (secondary N) is 1. The van der Waals surface area contributed by atoms with Gasteiger partial charge in [0, 0.05) is 25.1 Å². The summed E-state index contributed by atoms with van der Waals surface area (Å²) in [7, 11) is 1.93. The van der Waals surface area contributed by atoms with Gasteiger partial charge in [0.2, 0.25) is 0 Å². The van der Waals surface area contributed by atoms with E-state index in [0.29, 0.717) is 11.4 Å². The Morgan fingerprint density at radius 2 is 2.19 bits per heavy atom. The highest BCUT2D eigenvalue weighted by atomic mass is 19.1. The zero-order chi connectivity index (χ0) is 14.8. The zero-order valence-corrected chi connectivity index (χ0v) is 11.7. The third-order valence-corrected chi connectivity index (χ3v) is 3.24. The maximum atomic E-state index is 14.1. The normalized spacial score (nSPS) is 12.3. The second-order valence-electron chi connectivity index (χ2n) is 4.77. The van der Waals surface area contributed by atoms with E-state index in [1.807, 2.05) is 24.7 Å². The fourth-order valence-corrected chi connectivity index (χ4v) is 2.22. The predicted octanol–water partition coefficient (Wildman–Crippen LogP) is 2.31. The molecule has 7 heteroatoms. The molecule has 0 aliphatic heterocycles. The molecule has 0 radical (unpaired) electrons. The van der Waals surface area contributed by atoms with Crippen LogP contribution in [0.4, 0.5) is 10.1 Å². The summed E-state index contributed by atoms with van der Waals surface area (Å²) in [4.78, 5) is 8.09. The Kier molecular flexibility index (Phi) is 3.39. The summed E-state index contributed by atoms with van der Waals surface area (Å²) < 4.78 is 17.5. The van der Waals surface area contributed by atoms with Crippen molar-refractivity contribution < 1.29 is 4.39 Å². The van der Waals surface area contributed by atoms with E-state index < -0.39 is 0 Å². The quantitative estimate of drug-likeness (QED) is 0.799. The van der Waals surface area contributed by atoms with E-state index in [2.05, 4.69) is 20.4 Å². The van der Waals surface area contributed by atoms with Crippen LogP contribution in [0.15, 0.2) is 43.2 Å². The predicted molar refractivity (Wildman–Crippen MR) is 76.6 cm³/mol. The molecule has 0 spiro atoms. The lowest BCUT2D eigenvalue weighted by Crippen LogP contribution is -2.12. The third kappa shape index (κ3) is 2.62. The van der Waals surface area contributed by atoms with Crippen molar-refractivity contribution in [2.75, 3.05) is 5.32 Å². The number of aryl methyl sites for hydroxylation is 1. The topological polar surface area (TPSA) is 60.6 Å². The van der Waals surface area contributed by atoms with Gasteiger partial charge in [0.25, 0.3) is 0 Å². The molecule has 108 valence electrons. The molecule has 2 aromatic heterocycles. The monoisotopic (exact) mass is 286 g/mol. The molecule has 6 nitrogen and oxygen atoms in total. The summed E-state index contributed by atoms with van der Waals surface area (Å²) in [6.45, 7) is 1.98. The molecule has 1 unspecified atom stereocenters. The van der Waals surface area contributed by atoms with E-state index >= 15 is 0 Å². The molecule has 0 fully saturated rings. The van der Waals surface area contributed by atoms with Crippen LogP contribution in [-0.4, -0.2) is 24.3 Å². The summed E-state index contributed by atoms with van der Waals surface area (Å²) >= 11 is 0. The first-order chi connectivity index (χ1) is 10.1. The first-order valence-corrected chi connectivity index (χ1v) is 6.53. The van der Waals surface area contributed by atoms with Crippen LogP contribution in [0.5, 0.6) is 0 Å². The molecular weight excluding hydrogens is 271 g/mol. The molecular formula is C14H15FN6. The molecule has 0 saturated carbocycles. The highest BCUT2D eigenvalue weighted by molar-refractivity contribution is 5.50. The number of halogens is 1. The molecule has 1 aromatic carbocycles. The molecule has 21 heavy (non-hydrogen) atoms. The minimum absolute atomic E-state index is 0.0263. The number of nitrogens with zero attached hydrogens (tertiary/aromatic N) is 5. The fraction of sp³-hybridized carbons (Fsp3) is 0.214. The molecule has 1 N–H and O–H groups in total. The van der Waals surface area contributed by atoms with E-state index in [1.165, 1.54) is 23.4 Å². The third-order valence-electron chi connectivity index (χ3n) is 3.24. The maximum absolute atomic E-state index is 14.1. The first kappa shape index (κ1) is 13.3. The van der Waals surface area contributed by atoms with Crippen molar-refractivity contribution in [3.8, 4) is 5.69 Å². The summed E-state index contributed by atoms with van der Waals surface area (Å²) in [5.74, 6) is 0.522. The largest absolute Gasteiger partial charge is 0.375 e. The van der Waals surface area contributed by atoms with Crippen LogP contribution >= 0.6 is 0 Å². The number of hydrogen-bond donors (Lipinski definition) is 1. The SMILES string of the molecule is CC(Nc1ccc(-n2cncn2)c(F)c1)c1nccn1C. The average molecular weight is 286 g/mol. The van der Waals surface area contributed by atoms with Crippen molar-refractivity contribution in [3.05, 3.63) is 54.9 Å². The smallest absolute Gasteiger partial charge is 0.150 e. The van der Waals surface area contributed by atoms with Crippen LogP contribution in [0.3, 0.4) is 0 Å². The summed E-state index contributed by atoms with van der Waals surface area (Å²) in [5.41, 5.74) is 1.05. The summed E-state index contributed by atoms with van der Waals surface area (Å²) in [5, 5.41) is 7.15. The number of benzene rings is 1. The molecule has 1 atom stereocenters. The Labute approximate surface area is 121 Å². The lowest BCUT2D eigenvalue weighted by atomic mass is 10.2. The molecule has 3 aromatic rings. The Balaban J connectivity index is 1.81. The van der Waals surface area contributed by atoms with Gasteiger partial charge in [-0.1, -0.05) is 0 Å². The summed E-state index contributed by atoms with van der Waals surface area (Å²) in [6, 6.07) is 4.88. The highest BCUT2D eigenvalue weighted by Gasteiger charge is 2.12. The molecule has 0 bridgehead atoms. The number of anilines is 1. The Morgan fingerprint density at radius 3 is 2.81 bits per heavy atom. The van der Waals surface area contributed by atoms with E-state index in [9.17, 15) is 4.39 Å². The van der Waals surface area contributed by atoms with Gasteiger partial charge in [0.05, 0.1) is 6.04 Å². The lowest BCUT2D eigenvalue weighted by molar-refractivity contribution is 0.610. The van der Waals surface area contributed by atoms with Crippen LogP contribution in [-0.2, 0) is 7.05 Å². The number of imidazole rings is 1. The van der Waals surface area contributed by atoms with Crippen molar-refractivity contribution in [2.45, 2.75) is 13.0 Å². The van der Waals surface area contributed by atoms with E-state index in [0.717, 1.165) is 5.82 Å². The number of hydrogen-bond acceptors (Lipinski definition) is 4. The van der Waals surface area contributed by atoms with Gasteiger partial charge in [-0.3, -0.25) is 0 Å². The van der Waals surface area contributed by atoms with Crippen molar-refractivity contribution in [1.82, 2.24) is 24.3 Å². The second kappa shape index (κ2) is 5.35.